The van der Waals surface area contributed by atoms with E-state index in [4.69, 9.17) is 0 Å². The van der Waals surface area contributed by atoms with Gasteiger partial charge in [-0.2, -0.15) is 0 Å². The van der Waals surface area contributed by atoms with Gasteiger partial charge in [-0.1, -0.05) is 6.07 Å². The third-order valence-corrected chi connectivity index (χ3v) is 3.03. The number of imidazole rings is 1. The van der Waals surface area contributed by atoms with E-state index in [1.807, 2.05) is 10.6 Å². The van der Waals surface area contributed by atoms with Crippen molar-refractivity contribution < 1.29 is 4.92 Å². The zero-order valence-electron chi connectivity index (χ0n) is 9.22. The molecule has 1 aromatic carbocycles. The summed E-state index contributed by atoms with van der Waals surface area (Å²) in [5.41, 5.74) is 1.44. The molecule has 0 aliphatic carbocycles. The summed E-state index contributed by atoms with van der Waals surface area (Å²) in [6.45, 7) is 1.65. The van der Waals surface area contributed by atoms with Crippen molar-refractivity contribution in [1.29, 1.82) is 0 Å². The molecule has 0 amide bonds. The number of nitrogens with one attached hydrogen (secondary N) is 1. The summed E-state index contributed by atoms with van der Waals surface area (Å²) < 4.78 is 1.92. The van der Waals surface area contributed by atoms with Gasteiger partial charge in [-0.15, -0.1) is 0 Å². The first-order valence-electron chi connectivity index (χ1n) is 5.65. The summed E-state index contributed by atoms with van der Waals surface area (Å²) in [4.78, 5) is 15.1. The minimum Gasteiger partial charge on any atom is -0.356 e. The molecule has 0 saturated heterocycles. The van der Waals surface area contributed by atoms with E-state index >= 15 is 0 Å². The lowest BCUT2D eigenvalue weighted by Crippen LogP contribution is -2.03. The molecule has 0 bridgehead atoms. The van der Waals surface area contributed by atoms with Gasteiger partial charge in [-0.05, 0) is 18.9 Å². The number of benzene rings is 1. The Morgan fingerprint density at radius 1 is 1.41 bits per heavy atom. The van der Waals surface area contributed by atoms with Gasteiger partial charge in [0.2, 0.25) is 5.95 Å². The monoisotopic (exact) mass is 232 g/mol. The van der Waals surface area contributed by atoms with Crippen molar-refractivity contribution in [2.75, 3.05) is 11.9 Å². The average molecular weight is 232 g/mol. The van der Waals surface area contributed by atoms with Crippen LogP contribution in [0.5, 0.6) is 0 Å². The van der Waals surface area contributed by atoms with Crippen LogP contribution in [0, 0.1) is 10.1 Å². The summed E-state index contributed by atoms with van der Waals surface area (Å²) >= 11 is 0. The molecular weight excluding hydrogens is 220 g/mol. The third kappa shape index (κ3) is 1.52. The second-order valence-electron chi connectivity index (χ2n) is 4.12. The molecule has 88 valence electrons. The number of hydrogen-bond acceptors (Lipinski definition) is 4. The van der Waals surface area contributed by atoms with Gasteiger partial charge in [0.1, 0.15) is 5.52 Å². The lowest BCUT2D eigenvalue weighted by Gasteiger charge is -2.04. The number of aromatic nitrogens is 2. The molecule has 1 aromatic heterocycles. The molecule has 6 heteroatoms. The number of non-ortho nitro benzene ring substituents is 1. The number of nitrogens with zero attached hydrogens (tertiary/aromatic N) is 3. The Balaban J connectivity index is 2.30. The second-order valence-corrected chi connectivity index (χ2v) is 4.12. The largest absolute Gasteiger partial charge is 0.356 e. The molecule has 6 nitrogen and oxygen atoms in total. The van der Waals surface area contributed by atoms with E-state index in [-0.39, 0.29) is 10.6 Å². The van der Waals surface area contributed by atoms with Crippen molar-refractivity contribution in [1.82, 2.24) is 9.55 Å². The maximum Gasteiger partial charge on any atom is 0.295 e. The molecule has 2 heterocycles. The fraction of sp³-hybridized carbons (Fsp3) is 0.364. The van der Waals surface area contributed by atoms with E-state index in [9.17, 15) is 10.1 Å². The van der Waals surface area contributed by atoms with Crippen LogP contribution in [0.2, 0.25) is 0 Å². The standard InChI is InChI=1S/C11H12N4O2/c16-15(17)9-5-3-4-8-10(9)14-7-2-1-6-12-11(14)13-8/h3-5H,1-2,6-7H2,(H,12,13). The van der Waals surface area contributed by atoms with Gasteiger partial charge in [0.05, 0.1) is 10.4 Å². The highest BCUT2D eigenvalue weighted by Crippen LogP contribution is 2.29. The smallest absolute Gasteiger partial charge is 0.295 e. The van der Waals surface area contributed by atoms with Crippen LogP contribution in [0.4, 0.5) is 11.6 Å². The highest BCUT2D eigenvalue weighted by atomic mass is 16.6. The van der Waals surface area contributed by atoms with Gasteiger partial charge < -0.3 is 9.88 Å². The van der Waals surface area contributed by atoms with E-state index in [2.05, 4.69) is 10.3 Å². The van der Waals surface area contributed by atoms with E-state index in [0.29, 0.717) is 11.0 Å². The molecule has 1 aliphatic rings. The zero-order chi connectivity index (χ0) is 11.8. The minimum atomic E-state index is -0.345. The van der Waals surface area contributed by atoms with Gasteiger partial charge in [0.15, 0.2) is 0 Å². The van der Waals surface area contributed by atoms with Crippen LogP contribution < -0.4 is 5.32 Å². The Labute approximate surface area is 97.4 Å². The summed E-state index contributed by atoms with van der Waals surface area (Å²) in [5, 5.41) is 14.2. The second kappa shape index (κ2) is 3.73. The number of nitro benzene ring substituents is 1. The van der Waals surface area contributed by atoms with Crippen molar-refractivity contribution in [2.24, 2.45) is 0 Å². The number of para-hydroxylation sites is 1. The van der Waals surface area contributed by atoms with Crippen LogP contribution in [0.15, 0.2) is 18.2 Å². The Hall–Kier alpha value is -2.11. The molecule has 2 aromatic rings. The molecule has 3 rings (SSSR count). The highest BCUT2D eigenvalue weighted by molar-refractivity contribution is 5.87. The zero-order valence-corrected chi connectivity index (χ0v) is 9.22. The minimum absolute atomic E-state index is 0.130. The lowest BCUT2D eigenvalue weighted by molar-refractivity contribution is -0.383. The summed E-state index contributed by atoms with van der Waals surface area (Å²) in [7, 11) is 0. The highest BCUT2D eigenvalue weighted by Gasteiger charge is 2.20. The van der Waals surface area contributed by atoms with E-state index < -0.39 is 0 Å². The summed E-state index contributed by atoms with van der Waals surface area (Å²) in [6, 6.07) is 5.02. The predicted molar refractivity (Wildman–Crippen MR) is 64.1 cm³/mol. The average Bonchev–Trinajstić information content (AvgIpc) is 2.52. The number of anilines is 1. The van der Waals surface area contributed by atoms with Gasteiger partial charge in [-0.25, -0.2) is 4.98 Å². The van der Waals surface area contributed by atoms with Crippen LogP contribution in [-0.2, 0) is 6.54 Å². The maximum atomic E-state index is 11.0. The van der Waals surface area contributed by atoms with Gasteiger partial charge in [0, 0.05) is 19.2 Å². The van der Waals surface area contributed by atoms with Crippen molar-refractivity contribution in [3.8, 4) is 0 Å². The predicted octanol–water partition coefficient (Wildman–Crippen LogP) is 2.15. The van der Waals surface area contributed by atoms with Crippen LogP contribution >= 0.6 is 0 Å². The normalized spacial score (nSPS) is 15.1. The summed E-state index contributed by atoms with van der Waals surface area (Å²) in [5.74, 6) is 0.742. The maximum absolute atomic E-state index is 11.0. The van der Waals surface area contributed by atoms with Crippen LogP contribution in [0.25, 0.3) is 11.0 Å². The van der Waals surface area contributed by atoms with E-state index in [1.165, 1.54) is 6.07 Å². The first-order chi connectivity index (χ1) is 8.27. The molecule has 0 unspecified atom stereocenters. The molecular formula is C11H12N4O2. The van der Waals surface area contributed by atoms with Gasteiger partial charge in [-0.3, -0.25) is 10.1 Å². The lowest BCUT2D eigenvalue weighted by atomic mass is 10.2. The van der Waals surface area contributed by atoms with Crippen LogP contribution in [-0.4, -0.2) is 21.0 Å². The van der Waals surface area contributed by atoms with E-state index in [0.717, 1.165) is 31.9 Å². The van der Waals surface area contributed by atoms with Crippen LogP contribution in [0.3, 0.4) is 0 Å². The van der Waals surface area contributed by atoms with Gasteiger partial charge >= 0.3 is 0 Å². The molecule has 0 saturated carbocycles. The first-order valence-corrected chi connectivity index (χ1v) is 5.65. The molecule has 1 aliphatic heterocycles. The fourth-order valence-corrected chi connectivity index (χ4v) is 2.26. The van der Waals surface area contributed by atoms with Crippen molar-refractivity contribution >= 4 is 22.7 Å². The molecule has 0 fully saturated rings. The SMILES string of the molecule is O=[N+]([O-])c1cccc2nc3n(c12)CCCCN3. The molecule has 0 spiro atoms. The quantitative estimate of drug-likeness (QED) is 0.604. The van der Waals surface area contributed by atoms with Crippen LogP contribution in [0.1, 0.15) is 12.8 Å². The van der Waals surface area contributed by atoms with Crippen molar-refractivity contribution in [3.63, 3.8) is 0 Å². The fourth-order valence-electron chi connectivity index (χ4n) is 2.26. The number of nitro groups is 1. The molecule has 0 atom stereocenters. The van der Waals surface area contributed by atoms with Gasteiger partial charge in [0.25, 0.3) is 5.69 Å². The molecule has 1 N–H and O–H groups in total. The third-order valence-electron chi connectivity index (χ3n) is 3.03. The Bertz CT molecular complexity index is 590. The van der Waals surface area contributed by atoms with E-state index in [1.54, 1.807) is 6.07 Å². The first kappa shape index (κ1) is 10.1. The molecule has 17 heavy (non-hydrogen) atoms. The summed E-state index contributed by atoms with van der Waals surface area (Å²) in [6.07, 6.45) is 2.07. The Morgan fingerprint density at radius 3 is 3.12 bits per heavy atom. The number of hydrogen-bond donors (Lipinski definition) is 1. The van der Waals surface area contributed by atoms with Crippen molar-refractivity contribution in [2.45, 2.75) is 19.4 Å². The van der Waals surface area contributed by atoms with Crippen molar-refractivity contribution in [3.05, 3.63) is 28.3 Å². The number of aryl methyl sites for hydroxylation is 1. The number of rotatable bonds is 1. The number of fused-ring (bicyclic) bond motifs is 3. The Morgan fingerprint density at radius 2 is 2.29 bits per heavy atom. The topological polar surface area (TPSA) is 73.0 Å². The Kier molecular flexibility index (Phi) is 2.21. The molecule has 0 radical (unpaired) electrons.